The van der Waals surface area contributed by atoms with E-state index in [0.717, 1.165) is 0 Å². The van der Waals surface area contributed by atoms with E-state index < -0.39 is 16.1 Å². The predicted molar refractivity (Wildman–Crippen MR) is 73.5 cm³/mol. The highest BCUT2D eigenvalue weighted by Crippen LogP contribution is 2.08. The minimum Gasteiger partial charge on any atom is -0.448 e. The second-order valence-corrected chi connectivity index (χ2v) is 5.52. The first-order valence-corrected chi connectivity index (χ1v) is 7.40. The van der Waals surface area contributed by atoms with Crippen molar-refractivity contribution in [1.29, 1.82) is 0 Å². The Kier molecular flexibility index (Phi) is 6.61. The van der Waals surface area contributed by atoms with Gasteiger partial charge in [-0.3, -0.25) is 4.98 Å². The fraction of sp³-hybridized carbons (Fsp3) is 0.333. The van der Waals surface area contributed by atoms with Crippen molar-refractivity contribution in [2.24, 2.45) is 5.73 Å². The van der Waals surface area contributed by atoms with Crippen LogP contribution in [-0.4, -0.2) is 44.4 Å². The van der Waals surface area contributed by atoms with E-state index in [1.54, 1.807) is 0 Å². The molecule has 0 aliphatic carbocycles. The number of nitrogens with one attached hydrogen (secondary N) is 1. The van der Waals surface area contributed by atoms with Gasteiger partial charge in [-0.15, -0.1) is 0 Å². The summed E-state index contributed by atoms with van der Waals surface area (Å²) in [7, 11) is -3.77. The van der Waals surface area contributed by atoms with Crippen LogP contribution in [0.25, 0.3) is 0 Å². The molecule has 0 aliphatic heterocycles. The lowest BCUT2D eigenvalue weighted by Crippen LogP contribution is -2.29. The number of ether oxygens (including phenoxy) is 1. The molecule has 9 heteroatoms. The van der Waals surface area contributed by atoms with Gasteiger partial charge in [0, 0.05) is 30.9 Å². The lowest BCUT2D eigenvalue weighted by atomic mass is 10.3. The number of nitrogens with zero attached hydrogens (tertiary/aromatic N) is 1. The number of primary amides is 1. The third-order valence-corrected chi connectivity index (χ3v) is 3.56. The Labute approximate surface area is 122 Å². The van der Waals surface area contributed by atoms with E-state index >= 15 is 0 Å². The molecular weight excluding hydrogens is 298 g/mol. The van der Waals surface area contributed by atoms with Crippen molar-refractivity contribution in [2.75, 3.05) is 19.8 Å². The molecular formula is C12H15N3O5S. The standard InChI is InChI=1S/C12H15N3O5S/c13-12(17)20-6-4-15-21(18,19)11-7-10(8-14-9-11)3-1-2-5-16/h7-9,15-16H,2,4-6H2,(H2,13,17). The van der Waals surface area contributed by atoms with Crippen LogP contribution in [0.15, 0.2) is 23.4 Å². The zero-order valence-corrected chi connectivity index (χ0v) is 11.9. The Morgan fingerprint density at radius 3 is 2.90 bits per heavy atom. The number of carbonyl (C=O) groups excluding carboxylic acids is 1. The van der Waals surface area contributed by atoms with Gasteiger partial charge in [-0.25, -0.2) is 17.9 Å². The molecule has 0 saturated carbocycles. The molecule has 0 bridgehead atoms. The number of hydrogen-bond donors (Lipinski definition) is 3. The monoisotopic (exact) mass is 313 g/mol. The van der Waals surface area contributed by atoms with Crippen LogP contribution in [0.4, 0.5) is 4.79 Å². The Bertz CT molecular complexity index is 648. The van der Waals surface area contributed by atoms with Gasteiger partial charge >= 0.3 is 6.09 Å². The minimum atomic E-state index is -3.77. The SMILES string of the molecule is NC(=O)OCCNS(=O)(=O)c1cncc(C#CCCO)c1. The first kappa shape index (κ1) is 16.9. The van der Waals surface area contributed by atoms with Crippen molar-refractivity contribution in [1.82, 2.24) is 9.71 Å². The van der Waals surface area contributed by atoms with Crippen molar-refractivity contribution in [2.45, 2.75) is 11.3 Å². The molecule has 1 amide bonds. The van der Waals surface area contributed by atoms with Gasteiger partial charge in [-0.1, -0.05) is 11.8 Å². The van der Waals surface area contributed by atoms with Crippen LogP contribution >= 0.6 is 0 Å². The van der Waals surface area contributed by atoms with Gasteiger partial charge in [0.15, 0.2) is 0 Å². The average Bonchev–Trinajstić information content (AvgIpc) is 2.44. The second-order valence-electron chi connectivity index (χ2n) is 3.75. The van der Waals surface area contributed by atoms with Crippen LogP contribution in [0, 0.1) is 11.8 Å². The summed E-state index contributed by atoms with van der Waals surface area (Å²) in [5.41, 5.74) is 5.17. The number of sulfonamides is 1. The van der Waals surface area contributed by atoms with Crippen molar-refractivity contribution in [3.8, 4) is 11.8 Å². The summed E-state index contributed by atoms with van der Waals surface area (Å²) in [6, 6.07) is 1.36. The summed E-state index contributed by atoms with van der Waals surface area (Å²) in [5, 5.41) is 8.62. The van der Waals surface area contributed by atoms with Crippen LogP contribution < -0.4 is 10.5 Å². The van der Waals surface area contributed by atoms with E-state index in [4.69, 9.17) is 10.8 Å². The fourth-order valence-corrected chi connectivity index (χ4v) is 2.27. The summed E-state index contributed by atoms with van der Waals surface area (Å²) < 4.78 is 30.5. The highest BCUT2D eigenvalue weighted by atomic mass is 32.2. The smallest absolute Gasteiger partial charge is 0.404 e. The van der Waals surface area contributed by atoms with Gasteiger partial charge in [-0.2, -0.15) is 0 Å². The van der Waals surface area contributed by atoms with Crippen LogP contribution in [0.3, 0.4) is 0 Å². The zero-order valence-electron chi connectivity index (χ0n) is 11.1. The van der Waals surface area contributed by atoms with Gasteiger partial charge in [0.1, 0.15) is 11.5 Å². The maximum Gasteiger partial charge on any atom is 0.404 e. The number of aliphatic hydroxyl groups excluding tert-OH is 1. The summed E-state index contributed by atoms with van der Waals surface area (Å²) >= 11 is 0. The average molecular weight is 313 g/mol. The number of rotatable bonds is 6. The molecule has 8 nitrogen and oxygen atoms in total. The highest BCUT2D eigenvalue weighted by Gasteiger charge is 2.14. The minimum absolute atomic E-state index is 0.0580. The molecule has 1 heterocycles. The molecule has 0 unspecified atom stereocenters. The number of hydrogen-bond acceptors (Lipinski definition) is 6. The van der Waals surface area contributed by atoms with Gasteiger partial charge in [0.2, 0.25) is 10.0 Å². The van der Waals surface area contributed by atoms with E-state index in [2.05, 4.69) is 26.3 Å². The van der Waals surface area contributed by atoms with Crippen LogP contribution in [0.1, 0.15) is 12.0 Å². The van der Waals surface area contributed by atoms with Crippen LogP contribution in [0.5, 0.6) is 0 Å². The molecule has 1 aromatic heterocycles. The molecule has 0 saturated heterocycles. The van der Waals surface area contributed by atoms with Gasteiger partial charge in [0.05, 0.1) is 6.61 Å². The van der Waals surface area contributed by atoms with Crippen LogP contribution in [-0.2, 0) is 14.8 Å². The number of aliphatic hydroxyl groups is 1. The molecule has 0 aromatic carbocycles. The van der Waals surface area contributed by atoms with Crippen molar-refractivity contribution in [3.05, 3.63) is 24.0 Å². The van der Waals surface area contributed by atoms with Crippen LogP contribution in [0.2, 0.25) is 0 Å². The lowest BCUT2D eigenvalue weighted by molar-refractivity contribution is 0.159. The first-order valence-electron chi connectivity index (χ1n) is 5.92. The summed E-state index contributed by atoms with van der Waals surface area (Å²) in [4.78, 5) is 14.1. The summed E-state index contributed by atoms with van der Waals surface area (Å²) in [6.07, 6.45) is 1.91. The number of aromatic nitrogens is 1. The number of amides is 1. The molecule has 21 heavy (non-hydrogen) atoms. The maximum atomic E-state index is 11.9. The third kappa shape index (κ3) is 6.22. The van der Waals surface area contributed by atoms with E-state index in [0.29, 0.717) is 12.0 Å². The number of pyridine rings is 1. The topological polar surface area (TPSA) is 132 Å². The molecule has 1 aromatic rings. The summed E-state index contributed by atoms with van der Waals surface area (Å²) in [5.74, 6) is 5.36. The molecule has 1 rings (SSSR count). The van der Waals surface area contributed by atoms with E-state index in [-0.39, 0.29) is 24.7 Å². The fourth-order valence-electron chi connectivity index (χ4n) is 1.27. The number of carbonyl (C=O) groups is 1. The first-order chi connectivity index (χ1) is 9.95. The van der Waals surface area contributed by atoms with Gasteiger partial charge in [0.25, 0.3) is 0 Å². The molecule has 0 radical (unpaired) electrons. The lowest BCUT2D eigenvalue weighted by Gasteiger charge is -2.06. The molecule has 0 fully saturated rings. The quantitative estimate of drug-likeness (QED) is 0.465. The molecule has 0 aliphatic rings. The predicted octanol–water partition coefficient (Wildman–Crippen LogP) is -0.811. The number of nitrogens with two attached hydrogens (primary N) is 1. The van der Waals surface area contributed by atoms with Gasteiger partial charge in [-0.05, 0) is 6.07 Å². The summed E-state index contributed by atoms with van der Waals surface area (Å²) in [6.45, 7) is -0.344. The zero-order chi connectivity index (χ0) is 15.7. The largest absolute Gasteiger partial charge is 0.448 e. The van der Waals surface area contributed by atoms with Crippen molar-refractivity contribution in [3.63, 3.8) is 0 Å². The Morgan fingerprint density at radius 2 is 2.24 bits per heavy atom. The Morgan fingerprint density at radius 1 is 1.48 bits per heavy atom. The Hall–Kier alpha value is -2.15. The second kappa shape index (κ2) is 8.21. The molecule has 114 valence electrons. The highest BCUT2D eigenvalue weighted by molar-refractivity contribution is 7.89. The maximum absolute atomic E-state index is 11.9. The van der Waals surface area contributed by atoms with E-state index in [9.17, 15) is 13.2 Å². The molecule has 0 spiro atoms. The molecule has 4 N–H and O–H groups in total. The third-order valence-electron chi connectivity index (χ3n) is 2.13. The normalized spacial score (nSPS) is 10.5. The van der Waals surface area contributed by atoms with E-state index in [1.807, 2.05) is 0 Å². The van der Waals surface area contributed by atoms with Gasteiger partial charge < -0.3 is 15.6 Å². The molecule has 0 atom stereocenters. The van der Waals surface area contributed by atoms with Crippen molar-refractivity contribution < 1.29 is 23.1 Å². The van der Waals surface area contributed by atoms with Crippen molar-refractivity contribution >= 4 is 16.1 Å². The Balaban J connectivity index is 2.73. The van der Waals surface area contributed by atoms with E-state index in [1.165, 1.54) is 18.5 Å².